The van der Waals surface area contributed by atoms with Crippen LogP contribution >= 0.6 is 24.0 Å². The first-order valence-corrected chi connectivity index (χ1v) is 9.16. The molecule has 0 bridgehead atoms. The topological polar surface area (TPSA) is 70.2 Å². The van der Waals surface area contributed by atoms with Gasteiger partial charge in [-0.15, -0.1) is 24.0 Å². The van der Waals surface area contributed by atoms with Crippen molar-refractivity contribution in [3.63, 3.8) is 0 Å². The number of aliphatic imine (C=N–C) groups is 1. The standard InChI is InChI=1S/C18H29N3O3.HI/c22-15-7-10-21(11-8-15)18(19-9-6-16-5-3-13-23-16)20-14-17-4-1-2-12-24-17;/h3,5,13,15,17,22H,1-2,4,6-12,14H2,(H,19,20);1H. The summed E-state index contributed by atoms with van der Waals surface area (Å²) < 4.78 is 11.2. The molecule has 0 aliphatic carbocycles. The molecule has 1 atom stereocenters. The maximum atomic E-state index is 9.72. The van der Waals surface area contributed by atoms with Gasteiger partial charge in [-0.1, -0.05) is 0 Å². The van der Waals surface area contributed by atoms with Crippen LogP contribution in [-0.4, -0.2) is 61.0 Å². The van der Waals surface area contributed by atoms with Crippen LogP contribution in [0.25, 0.3) is 0 Å². The zero-order valence-electron chi connectivity index (χ0n) is 14.7. The quantitative estimate of drug-likeness (QED) is 0.399. The van der Waals surface area contributed by atoms with Crippen molar-refractivity contribution < 1.29 is 14.3 Å². The van der Waals surface area contributed by atoms with E-state index in [1.165, 1.54) is 12.8 Å². The average molecular weight is 463 g/mol. The van der Waals surface area contributed by atoms with E-state index in [0.717, 1.165) is 63.6 Å². The summed E-state index contributed by atoms with van der Waals surface area (Å²) in [7, 11) is 0. The molecule has 3 heterocycles. The summed E-state index contributed by atoms with van der Waals surface area (Å²) in [5, 5.41) is 13.2. The Morgan fingerprint density at radius 3 is 2.80 bits per heavy atom. The molecular formula is C18H30IN3O3. The van der Waals surface area contributed by atoms with Gasteiger partial charge < -0.3 is 24.5 Å². The SMILES string of the molecule is I.OC1CCN(C(=NCC2CCCCO2)NCCc2ccco2)CC1. The molecule has 1 aromatic heterocycles. The first-order chi connectivity index (χ1) is 11.8. The number of nitrogens with one attached hydrogen (secondary N) is 1. The monoisotopic (exact) mass is 463 g/mol. The molecule has 2 saturated heterocycles. The summed E-state index contributed by atoms with van der Waals surface area (Å²) in [5.41, 5.74) is 0. The van der Waals surface area contributed by atoms with Gasteiger partial charge in [-0.05, 0) is 44.2 Å². The summed E-state index contributed by atoms with van der Waals surface area (Å²) in [5.74, 6) is 1.91. The van der Waals surface area contributed by atoms with Gasteiger partial charge in [0.25, 0.3) is 0 Å². The molecular weight excluding hydrogens is 433 g/mol. The molecule has 0 spiro atoms. The number of likely N-dealkylation sites (tertiary alicyclic amines) is 1. The molecule has 1 aromatic rings. The Kier molecular flexibility index (Phi) is 9.05. The molecule has 142 valence electrons. The summed E-state index contributed by atoms with van der Waals surface area (Å²) in [6, 6.07) is 3.91. The van der Waals surface area contributed by atoms with Crippen molar-refractivity contribution in [1.29, 1.82) is 0 Å². The zero-order chi connectivity index (χ0) is 16.6. The third-order valence-corrected chi connectivity index (χ3v) is 4.72. The number of furan rings is 1. The lowest BCUT2D eigenvalue weighted by atomic mass is 10.1. The maximum Gasteiger partial charge on any atom is 0.194 e. The van der Waals surface area contributed by atoms with Gasteiger partial charge in [0.1, 0.15) is 5.76 Å². The first-order valence-electron chi connectivity index (χ1n) is 9.16. The molecule has 25 heavy (non-hydrogen) atoms. The van der Waals surface area contributed by atoms with Gasteiger partial charge >= 0.3 is 0 Å². The number of hydrogen-bond donors (Lipinski definition) is 2. The normalized spacial score (nSPS) is 22.5. The Labute approximate surface area is 167 Å². The van der Waals surface area contributed by atoms with Crippen molar-refractivity contribution in [2.45, 2.75) is 50.7 Å². The fourth-order valence-electron chi connectivity index (χ4n) is 3.24. The van der Waals surface area contributed by atoms with Gasteiger partial charge in [-0.25, -0.2) is 0 Å². The first kappa shape index (κ1) is 20.5. The van der Waals surface area contributed by atoms with Crippen molar-refractivity contribution in [3.8, 4) is 0 Å². The Balaban J connectivity index is 0.00000225. The lowest BCUT2D eigenvalue weighted by Gasteiger charge is -2.33. The minimum absolute atomic E-state index is 0. The molecule has 0 radical (unpaired) electrons. The molecule has 6 nitrogen and oxygen atoms in total. The Morgan fingerprint density at radius 2 is 2.12 bits per heavy atom. The van der Waals surface area contributed by atoms with E-state index < -0.39 is 0 Å². The minimum atomic E-state index is -0.174. The Morgan fingerprint density at radius 1 is 1.28 bits per heavy atom. The summed E-state index contributed by atoms with van der Waals surface area (Å²) in [6.07, 6.45) is 7.72. The smallest absolute Gasteiger partial charge is 0.194 e. The van der Waals surface area contributed by atoms with Crippen molar-refractivity contribution in [1.82, 2.24) is 10.2 Å². The van der Waals surface area contributed by atoms with Crippen LogP contribution in [0.4, 0.5) is 0 Å². The number of nitrogens with zero attached hydrogens (tertiary/aromatic N) is 2. The lowest BCUT2D eigenvalue weighted by molar-refractivity contribution is 0.0222. The van der Waals surface area contributed by atoms with Crippen LogP contribution in [0.1, 0.15) is 37.9 Å². The average Bonchev–Trinajstić information content (AvgIpc) is 3.13. The molecule has 0 aromatic carbocycles. The molecule has 3 rings (SSSR count). The van der Waals surface area contributed by atoms with E-state index in [4.69, 9.17) is 14.1 Å². The summed E-state index contributed by atoms with van der Waals surface area (Å²) in [4.78, 5) is 7.06. The number of guanidine groups is 1. The van der Waals surface area contributed by atoms with Crippen molar-refractivity contribution in [3.05, 3.63) is 24.2 Å². The van der Waals surface area contributed by atoms with Crippen molar-refractivity contribution in [2.24, 2.45) is 4.99 Å². The van der Waals surface area contributed by atoms with Crippen molar-refractivity contribution in [2.75, 3.05) is 32.8 Å². The maximum absolute atomic E-state index is 9.72. The highest BCUT2D eigenvalue weighted by Gasteiger charge is 2.21. The second kappa shape index (κ2) is 11.0. The molecule has 2 aliphatic rings. The van der Waals surface area contributed by atoms with E-state index in [1.54, 1.807) is 6.26 Å². The highest BCUT2D eigenvalue weighted by atomic mass is 127. The van der Waals surface area contributed by atoms with Gasteiger partial charge in [0, 0.05) is 32.7 Å². The van der Waals surface area contributed by atoms with E-state index in [2.05, 4.69) is 10.2 Å². The van der Waals surface area contributed by atoms with Crippen LogP contribution in [0.2, 0.25) is 0 Å². The molecule has 0 saturated carbocycles. The van der Waals surface area contributed by atoms with Crippen LogP contribution in [0, 0.1) is 0 Å². The second-order valence-corrected chi connectivity index (χ2v) is 6.63. The summed E-state index contributed by atoms with van der Waals surface area (Å²) >= 11 is 0. The third kappa shape index (κ3) is 6.79. The fourth-order valence-corrected chi connectivity index (χ4v) is 3.24. The predicted octanol–water partition coefficient (Wildman–Crippen LogP) is 2.41. The van der Waals surface area contributed by atoms with Gasteiger partial charge in [0.05, 0.1) is 25.0 Å². The molecule has 2 fully saturated rings. The van der Waals surface area contributed by atoms with E-state index in [1.807, 2.05) is 12.1 Å². The second-order valence-electron chi connectivity index (χ2n) is 6.63. The van der Waals surface area contributed by atoms with Gasteiger partial charge in [0.2, 0.25) is 0 Å². The highest BCUT2D eigenvalue weighted by Crippen LogP contribution is 2.14. The summed E-state index contributed by atoms with van der Waals surface area (Å²) in [6.45, 7) is 4.05. The number of halogens is 1. The molecule has 7 heteroatoms. The number of ether oxygens (including phenoxy) is 1. The van der Waals surface area contributed by atoms with Crippen LogP contribution in [-0.2, 0) is 11.2 Å². The van der Waals surface area contributed by atoms with Crippen molar-refractivity contribution >= 4 is 29.9 Å². The van der Waals surface area contributed by atoms with Gasteiger partial charge in [0.15, 0.2) is 5.96 Å². The van der Waals surface area contributed by atoms with E-state index in [9.17, 15) is 5.11 Å². The van der Waals surface area contributed by atoms with E-state index >= 15 is 0 Å². The van der Waals surface area contributed by atoms with Crippen LogP contribution in [0.5, 0.6) is 0 Å². The van der Waals surface area contributed by atoms with Crippen LogP contribution < -0.4 is 5.32 Å². The largest absolute Gasteiger partial charge is 0.469 e. The zero-order valence-corrected chi connectivity index (χ0v) is 17.1. The number of hydrogen-bond acceptors (Lipinski definition) is 4. The highest BCUT2D eigenvalue weighted by molar-refractivity contribution is 14.0. The fraction of sp³-hybridized carbons (Fsp3) is 0.722. The van der Waals surface area contributed by atoms with Gasteiger partial charge in [-0.3, -0.25) is 4.99 Å². The number of aliphatic hydroxyl groups excluding tert-OH is 1. The lowest BCUT2D eigenvalue weighted by Crippen LogP contribution is -2.47. The molecule has 1 unspecified atom stereocenters. The molecule has 2 aliphatic heterocycles. The van der Waals surface area contributed by atoms with Gasteiger partial charge in [-0.2, -0.15) is 0 Å². The number of rotatable bonds is 5. The predicted molar refractivity (Wildman–Crippen MR) is 109 cm³/mol. The van der Waals surface area contributed by atoms with E-state index in [0.29, 0.717) is 6.54 Å². The Bertz CT molecular complexity index is 496. The number of piperidine rings is 1. The molecule has 2 N–H and O–H groups in total. The van der Waals surface area contributed by atoms with Crippen LogP contribution in [0.15, 0.2) is 27.8 Å². The number of aliphatic hydroxyl groups is 1. The minimum Gasteiger partial charge on any atom is -0.469 e. The molecule has 0 amide bonds. The van der Waals surface area contributed by atoms with E-state index in [-0.39, 0.29) is 36.2 Å². The Hall–Kier alpha value is -0.800. The van der Waals surface area contributed by atoms with Crippen LogP contribution in [0.3, 0.4) is 0 Å². The third-order valence-electron chi connectivity index (χ3n) is 4.72.